The van der Waals surface area contributed by atoms with Gasteiger partial charge in [-0.15, -0.1) is 21.5 Å². The molecule has 2 aromatic heterocycles. The number of rotatable bonds is 5. The van der Waals surface area contributed by atoms with Gasteiger partial charge in [-0.05, 0) is 48.6 Å². The summed E-state index contributed by atoms with van der Waals surface area (Å²) in [6, 6.07) is 7.76. The van der Waals surface area contributed by atoms with Crippen LogP contribution in [0.4, 0.5) is 4.39 Å². The molecule has 0 radical (unpaired) electrons. The van der Waals surface area contributed by atoms with Gasteiger partial charge in [0.2, 0.25) is 11.8 Å². The lowest BCUT2D eigenvalue weighted by Crippen LogP contribution is -2.28. The van der Waals surface area contributed by atoms with E-state index in [1.54, 1.807) is 12.1 Å². The van der Waals surface area contributed by atoms with Crippen molar-refractivity contribution < 1.29 is 13.6 Å². The molecule has 0 saturated carbocycles. The lowest BCUT2D eigenvalue weighted by Gasteiger charge is -2.13. The fourth-order valence-electron chi connectivity index (χ4n) is 2.27. The molecule has 1 amide bonds. The van der Waals surface area contributed by atoms with Crippen molar-refractivity contribution in [3.05, 3.63) is 58.5 Å². The summed E-state index contributed by atoms with van der Waals surface area (Å²) >= 11 is 1.52. The monoisotopic (exact) mass is 345 g/mol. The molecule has 0 saturated heterocycles. The molecule has 124 valence electrons. The van der Waals surface area contributed by atoms with E-state index in [-0.39, 0.29) is 30.1 Å². The number of nitrogens with zero attached hydrogens (tertiary/aromatic N) is 2. The third-order valence-electron chi connectivity index (χ3n) is 3.58. The number of aryl methyl sites for hydroxylation is 1. The number of aromatic nitrogens is 2. The van der Waals surface area contributed by atoms with Gasteiger partial charge >= 0.3 is 0 Å². The molecule has 0 fully saturated rings. The zero-order valence-corrected chi connectivity index (χ0v) is 14.1. The topological polar surface area (TPSA) is 68.0 Å². The highest BCUT2D eigenvalue weighted by molar-refractivity contribution is 7.13. The SMILES string of the molecule is Cc1ccsc1-c1nnc(CC(=O)N[C@H](C)c2ccc(F)cc2)o1. The Bertz CT molecular complexity index is 842. The van der Waals surface area contributed by atoms with Gasteiger partial charge in [-0.3, -0.25) is 4.79 Å². The Hall–Kier alpha value is -2.54. The summed E-state index contributed by atoms with van der Waals surface area (Å²) in [6.45, 7) is 3.80. The minimum atomic E-state index is -0.306. The fourth-order valence-corrected chi connectivity index (χ4v) is 3.12. The summed E-state index contributed by atoms with van der Waals surface area (Å²) in [7, 11) is 0. The summed E-state index contributed by atoms with van der Waals surface area (Å²) < 4.78 is 18.5. The number of carbonyl (C=O) groups is 1. The van der Waals surface area contributed by atoms with Gasteiger partial charge in [0.15, 0.2) is 0 Å². The van der Waals surface area contributed by atoms with E-state index in [1.807, 2.05) is 25.3 Å². The highest BCUT2D eigenvalue weighted by Crippen LogP contribution is 2.27. The average Bonchev–Trinajstić information content (AvgIpc) is 3.16. The number of benzene rings is 1. The van der Waals surface area contributed by atoms with Crippen LogP contribution in [-0.4, -0.2) is 16.1 Å². The molecule has 0 aliphatic rings. The first-order valence-corrected chi connectivity index (χ1v) is 8.32. The number of nitrogens with one attached hydrogen (secondary N) is 1. The predicted molar refractivity (Wildman–Crippen MR) is 89.0 cm³/mol. The number of hydrogen-bond acceptors (Lipinski definition) is 5. The first kappa shape index (κ1) is 16.3. The van der Waals surface area contributed by atoms with E-state index in [0.29, 0.717) is 5.89 Å². The third-order valence-corrected chi connectivity index (χ3v) is 4.59. The van der Waals surface area contributed by atoms with E-state index in [1.165, 1.54) is 23.5 Å². The summed E-state index contributed by atoms with van der Waals surface area (Å²) in [5.41, 5.74) is 1.88. The van der Waals surface area contributed by atoms with E-state index in [4.69, 9.17) is 4.42 Å². The predicted octanol–water partition coefficient (Wildman–Crippen LogP) is 3.67. The lowest BCUT2D eigenvalue weighted by atomic mass is 10.1. The second-order valence-corrected chi connectivity index (χ2v) is 6.37. The molecule has 1 atom stereocenters. The van der Waals surface area contributed by atoms with Crippen LogP contribution >= 0.6 is 11.3 Å². The molecule has 24 heavy (non-hydrogen) atoms. The van der Waals surface area contributed by atoms with E-state index in [9.17, 15) is 9.18 Å². The zero-order chi connectivity index (χ0) is 17.1. The second kappa shape index (κ2) is 6.92. The minimum absolute atomic E-state index is 0.00293. The first-order valence-electron chi connectivity index (χ1n) is 7.44. The summed E-state index contributed by atoms with van der Waals surface area (Å²) in [4.78, 5) is 13.0. The lowest BCUT2D eigenvalue weighted by molar-refractivity contribution is -0.121. The van der Waals surface area contributed by atoms with Gasteiger partial charge in [0, 0.05) is 0 Å². The van der Waals surface area contributed by atoms with Crippen molar-refractivity contribution in [2.24, 2.45) is 0 Å². The second-order valence-electron chi connectivity index (χ2n) is 5.45. The van der Waals surface area contributed by atoms with Crippen LogP contribution in [0.25, 0.3) is 10.8 Å². The number of halogens is 1. The van der Waals surface area contributed by atoms with Crippen molar-refractivity contribution in [3.8, 4) is 10.8 Å². The van der Waals surface area contributed by atoms with Crippen molar-refractivity contribution in [3.63, 3.8) is 0 Å². The molecule has 0 spiro atoms. The molecule has 5 nitrogen and oxygen atoms in total. The van der Waals surface area contributed by atoms with Crippen LogP contribution in [0.15, 0.2) is 40.1 Å². The van der Waals surface area contributed by atoms with E-state index < -0.39 is 0 Å². The smallest absolute Gasteiger partial charge is 0.258 e. The number of hydrogen-bond donors (Lipinski definition) is 1. The number of amides is 1. The standard InChI is InChI=1S/C17H16FN3O2S/c1-10-7-8-24-16(10)17-21-20-15(23-17)9-14(22)19-11(2)12-3-5-13(18)6-4-12/h3-8,11H,9H2,1-2H3,(H,19,22)/t11-/m1/s1. The molecular weight excluding hydrogens is 329 g/mol. The van der Waals surface area contributed by atoms with Gasteiger partial charge in [0.25, 0.3) is 5.89 Å². The molecule has 1 aromatic carbocycles. The van der Waals surface area contributed by atoms with Crippen molar-refractivity contribution in [1.82, 2.24) is 15.5 Å². The molecule has 3 aromatic rings. The van der Waals surface area contributed by atoms with E-state index in [0.717, 1.165) is 16.0 Å². The molecule has 1 N–H and O–H groups in total. The van der Waals surface area contributed by atoms with Gasteiger partial charge in [-0.2, -0.15) is 0 Å². The van der Waals surface area contributed by atoms with Gasteiger partial charge in [0.05, 0.1) is 10.9 Å². The number of carbonyl (C=O) groups excluding carboxylic acids is 1. The minimum Gasteiger partial charge on any atom is -0.419 e. The Morgan fingerprint density at radius 2 is 2.04 bits per heavy atom. The van der Waals surface area contributed by atoms with Crippen LogP contribution in [0.2, 0.25) is 0 Å². The van der Waals surface area contributed by atoms with Crippen LogP contribution in [0.5, 0.6) is 0 Å². The normalized spacial score (nSPS) is 12.1. The van der Waals surface area contributed by atoms with Crippen molar-refractivity contribution in [2.75, 3.05) is 0 Å². The molecule has 0 aliphatic heterocycles. The maximum atomic E-state index is 12.9. The summed E-state index contributed by atoms with van der Waals surface area (Å²) in [5.74, 6) is 0.156. The van der Waals surface area contributed by atoms with Crippen LogP contribution in [0.3, 0.4) is 0 Å². The molecule has 0 unspecified atom stereocenters. The Morgan fingerprint density at radius 1 is 1.29 bits per heavy atom. The molecule has 0 aliphatic carbocycles. The van der Waals surface area contributed by atoms with Crippen molar-refractivity contribution in [2.45, 2.75) is 26.3 Å². The largest absolute Gasteiger partial charge is 0.419 e. The van der Waals surface area contributed by atoms with E-state index >= 15 is 0 Å². The quantitative estimate of drug-likeness (QED) is 0.766. The highest BCUT2D eigenvalue weighted by Gasteiger charge is 2.16. The molecule has 0 bridgehead atoms. The van der Waals surface area contributed by atoms with Crippen LogP contribution in [0, 0.1) is 12.7 Å². The molecular formula is C17H16FN3O2S. The van der Waals surface area contributed by atoms with Crippen LogP contribution in [0.1, 0.15) is 30.0 Å². The van der Waals surface area contributed by atoms with Crippen molar-refractivity contribution >= 4 is 17.2 Å². The van der Waals surface area contributed by atoms with Gasteiger partial charge in [-0.25, -0.2) is 4.39 Å². The molecule has 3 rings (SSSR count). The van der Waals surface area contributed by atoms with Gasteiger partial charge in [0.1, 0.15) is 12.2 Å². The van der Waals surface area contributed by atoms with Crippen molar-refractivity contribution in [1.29, 1.82) is 0 Å². The van der Waals surface area contributed by atoms with E-state index in [2.05, 4.69) is 15.5 Å². The Morgan fingerprint density at radius 3 is 2.71 bits per heavy atom. The number of thiophene rings is 1. The van der Waals surface area contributed by atoms with Crippen LogP contribution in [-0.2, 0) is 11.2 Å². The maximum Gasteiger partial charge on any atom is 0.258 e. The maximum absolute atomic E-state index is 12.9. The first-order chi connectivity index (χ1) is 11.5. The third kappa shape index (κ3) is 3.68. The molecule has 2 heterocycles. The summed E-state index contributed by atoms with van der Waals surface area (Å²) in [6.07, 6.45) is 0.00293. The van der Waals surface area contributed by atoms with Crippen LogP contribution < -0.4 is 5.32 Å². The Labute approximate surface area is 142 Å². The summed E-state index contributed by atoms with van der Waals surface area (Å²) in [5, 5.41) is 12.7. The Balaban J connectivity index is 1.62. The highest BCUT2D eigenvalue weighted by atomic mass is 32.1. The Kier molecular flexibility index (Phi) is 4.71. The average molecular weight is 345 g/mol. The van der Waals surface area contributed by atoms with Gasteiger partial charge in [-0.1, -0.05) is 12.1 Å². The molecule has 7 heteroatoms. The fraction of sp³-hybridized carbons (Fsp3) is 0.235. The van der Waals surface area contributed by atoms with Gasteiger partial charge < -0.3 is 9.73 Å². The zero-order valence-electron chi connectivity index (χ0n) is 13.2.